The second kappa shape index (κ2) is 5.36. The van der Waals surface area contributed by atoms with E-state index in [0.29, 0.717) is 0 Å². The van der Waals surface area contributed by atoms with Crippen molar-refractivity contribution in [2.24, 2.45) is 0 Å². The Kier molecular flexibility index (Phi) is 3.01. The summed E-state index contributed by atoms with van der Waals surface area (Å²) >= 11 is 0. The molecule has 0 saturated carbocycles. The third-order valence-electron chi connectivity index (χ3n) is 6.39. The molecule has 0 amide bonds. The molecular formula is C27H21N. The molecule has 0 fully saturated rings. The molecule has 0 radical (unpaired) electrons. The third kappa shape index (κ3) is 1.91. The Morgan fingerprint density at radius 2 is 1.29 bits per heavy atom. The van der Waals surface area contributed by atoms with Crippen LogP contribution in [0, 0.1) is 0 Å². The molecule has 0 aliphatic heterocycles. The minimum atomic E-state index is 0.0120. The fourth-order valence-corrected chi connectivity index (χ4v) is 5.02. The van der Waals surface area contributed by atoms with Crippen LogP contribution in [0.2, 0.25) is 0 Å². The molecule has 1 nitrogen and oxygen atoms in total. The Morgan fingerprint density at radius 3 is 2.14 bits per heavy atom. The van der Waals surface area contributed by atoms with Crippen molar-refractivity contribution in [1.82, 2.24) is 4.57 Å². The zero-order valence-corrected chi connectivity index (χ0v) is 16.1. The number of hydrogen-bond donors (Lipinski definition) is 0. The van der Waals surface area contributed by atoms with Gasteiger partial charge in [-0.05, 0) is 52.6 Å². The van der Waals surface area contributed by atoms with Crippen LogP contribution in [0.25, 0.3) is 38.6 Å². The van der Waals surface area contributed by atoms with Gasteiger partial charge in [0.25, 0.3) is 0 Å². The first kappa shape index (κ1) is 15.7. The molecule has 6 rings (SSSR count). The summed E-state index contributed by atoms with van der Waals surface area (Å²) in [5.74, 6) is 0. The van der Waals surface area contributed by atoms with Gasteiger partial charge >= 0.3 is 0 Å². The summed E-state index contributed by atoms with van der Waals surface area (Å²) in [5, 5.41) is 2.64. The fraction of sp³-hybridized carbons (Fsp3) is 0.111. The highest BCUT2D eigenvalue weighted by Gasteiger charge is 2.36. The molecule has 1 heteroatoms. The van der Waals surface area contributed by atoms with Crippen LogP contribution < -0.4 is 0 Å². The van der Waals surface area contributed by atoms with Crippen molar-refractivity contribution in [3.8, 4) is 16.8 Å². The van der Waals surface area contributed by atoms with Gasteiger partial charge in [0, 0.05) is 21.9 Å². The molecular weight excluding hydrogens is 338 g/mol. The van der Waals surface area contributed by atoms with E-state index < -0.39 is 0 Å². The average molecular weight is 359 g/mol. The molecule has 28 heavy (non-hydrogen) atoms. The highest BCUT2D eigenvalue weighted by molar-refractivity contribution is 6.11. The van der Waals surface area contributed by atoms with E-state index in [1.165, 1.54) is 49.7 Å². The highest BCUT2D eigenvalue weighted by Crippen LogP contribution is 2.50. The Labute approximate surface area is 164 Å². The van der Waals surface area contributed by atoms with E-state index in [1.54, 1.807) is 0 Å². The largest absolute Gasteiger partial charge is 0.309 e. The summed E-state index contributed by atoms with van der Waals surface area (Å²) in [6.07, 6.45) is 0. The topological polar surface area (TPSA) is 4.93 Å². The van der Waals surface area contributed by atoms with Gasteiger partial charge in [0.05, 0.1) is 11.0 Å². The van der Waals surface area contributed by atoms with Crippen molar-refractivity contribution in [2.45, 2.75) is 19.3 Å². The predicted molar refractivity (Wildman–Crippen MR) is 118 cm³/mol. The number of nitrogens with zero attached hydrogens (tertiary/aromatic N) is 1. The van der Waals surface area contributed by atoms with Crippen molar-refractivity contribution in [3.63, 3.8) is 0 Å². The molecule has 1 aromatic heterocycles. The lowest BCUT2D eigenvalue weighted by atomic mass is 9.82. The normalized spacial score (nSPS) is 14.4. The third-order valence-corrected chi connectivity index (χ3v) is 6.39. The molecule has 0 spiro atoms. The zero-order chi connectivity index (χ0) is 18.9. The van der Waals surface area contributed by atoms with Crippen LogP contribution in [0.15, 0.2) is 91.0 Å². The van der Waals surface area contributed by atoms with E-state index >= 15 is 0 Å². The lowest BCUT2D eigenvalue weighted by Crippen LogP contribution is -2.14. The van der Waals surface area contributed by atoms with Gasteiger partial charge in [0.15, 0.2) is 0 Å². The molecule has 0 N–H and O–H groups in total. The second-order valence-corrected chi connectivity index (χ2v) is 8.27. The number of hydrogen-bond acceptors (Lipinski definition) is 0. The Balaban J connectivity index is 1.79. The summed E-state index contributed by atoms with van der Waals surface area (Å²) in [5.41, 5.74) is 9.37. The van der Waals surface area contributed by atoms with Gasteiger partial charge in [-0.25, -0.2) is 0 Å². The maximum Gasteiger partial charge on any atom is 0.0544 e. The Morgan fingerprint density at radius 1 is 0.571 bits per heavy atom. The standard InChI is InChI=1S/C27H21N/c1-27(2)23-14-8-6-12-19(23)21-16-22-20-13-7-9-15-25(20)28(26(22)17-24(21)27)18-10-4-3-5-11-18/h3-17H,1-2H3. The van der Waals surface area contributed by atoms with Crippen molar-refractivity contribution >= 4 is 21.8 Å². The van der Waals surface area contributed by atoms with Gasteiger partial charge < -0.3 is 4.57 Å². The van der Waals surface area contributed by atoms with Crippen LogP contribution in [0.4, 0.5) is 0 Å². The number of aromatic nitrogens is 1. The zero-order valence-electron chi connectivity index (χ0n) is 16.1. The SMILES string of the molecule is CC1(C)c2ccccc2-c2cc3c4ccccc4n(-c4ccccc4)c3cc21. The van der Waals surface area contributed by atoms with Gasteiger partial charge in [-0.1, -0.05) is 74.5 Å². The first-order chi connectivity index (χ1) is 13.7. The van der Waals surface area contributed by atoms with E-state index in [-0.39, 0.29) is 5.41 Å². The average Bonchev–Trinajstić information content (AvgIpc) is 3.17. The predicted octanol–water partition coefficient (Wildman–Crippen LogP) is 7.09. The van der Waals surface area contributed by atoms with Crippen LogP contribution >= 0.6 is 0 Å². The number of rotatable bonds is 1. The van der Waals surface area contributed by atoms with Crippen LogP contribution in [-0.4, -0.2) is 4.57 Å². The van der Waals surface area contributed by atoms with Crippen molar-refractivity contribution in [2.75, 3.05) is 0 Å². The van der Waals surface area contributed by atoms with Gasteiger partial charge in [0.1, 0.15) is 0 Å². The molecule has 4 aromatic carbocycles. The molecule has 0 unspecified atom stereocenters. The van der Waals surface area contributed by atoms with Crippen LogP contribution in [-0.2, 0) is 5.41 Å². The number of para-hydroxylation sites is 2. The summed E-state index contributed by atoms with van der Waals surface area (Å²) in [4.78, 5) is 0. The van der Waals surface area contributed by atoms with E-state index in [1.807, 2.05) is 0 Å². The summed E-state index contributed by atoms with van der Waals surface area (Å²) < 4.78 is 2.41. The van der Waals surface area contributed by atoms with Crippen LogP contribution in [0.1, 0.15) is 25.0 Å². The number of fused-ring (bicyclic) bond motifs is 6. The van der Waals surface area contributed by atoms with Crippen LogP contribution in [0.5, 0.6) is 0 Å². The quantitative estimate of drug-likeness (QED) is 0.301. The van der Waals surface area contributed by atoms with E-state index in [9.17, 15) is 0 Å². The Bertz CT molecular complexity index is 1370. The van der Waals surface area contributed by atoms with Gasteiger partial charge in [-0.15, -0.1) is 0 Å². The highest BCUT2D eigenvalue weighted by atomic mass is 15.0. The molecule has 0 atom stereocenters. The summed E-state index contributed by atoms with van der Waals surface area (Å²) in [6.45, 7) is 4.69. The van der Waals surface area contributed by atoms with Crippen molar-refractivity contribution in [3.05, 3.63) is 102 Å². The first-order valence-corrected chi connectivity index (χ1v) is 9.89. The van der Waals surface area contributed by atoms with Gasteiger partial charge in [-0.3, -0.25) is 0 Å². The minimum absolute atomic E-state index is 0.0120. The molecule has 0 saturated heterocycles. The lowest BCUT2D eigenvalue weighted by molar-refractivity contribution is 0.661. The second-order valence-electron chi connectivity index (χ2n) is 8.27. The van der Waals surface area contributed by atoms with Gasteiger partial charge in [0.2, 0.25) is 0 Å². The molecule has 5 aromatic rings. The first-order valence-electron chi connectivity index (χ1n) is 9.89. The number of benzene rings is 4. The van der Waals surface area contributed by atoms with E-state index in [4.69, 9.17) is 0 Å². The molecule has 1 aliphatic rings. The fourth-order valence-electron chi connectivity index (χ4n) is 5.02. The summed E-state index contributed by atoms with van der Waals surface area (Å²) in [7, 11) is 0. The maximum absolute atomic E-state index is 2.43. The molecule has 134 valence electrons. The minimum Gasteiger partial charge on any atom is -0.309 e. The molecule has 1 aliphatic carbocycles. The molecule has 0 bridgehead atoms. The lowest BCUT2D eigenvalue weighted by Gasteiger charge is -2.21. The van der Waals surface area contributed by atoms with E-state index in [0.717, 1.165) is 0 Å². The monoisotopic (exact) mass is 359 g/mol. The smallest absolute Gasteiger partial charge is 0.0544 e. The van der Waals surface area contributed by atoms with Gasteiger partial charge in [-0.2, -0.15) is 0 Å². The van der Waals surface area contributed by atoms with Crippen molar-refractivity contribution < 1.29 is 0 Å². The van der Waals surface area contributed by atoms with Crippen molar-refractivity contribution in [1.29, 1.82) is 0 Å². The Hall–Kier alpha value is -3.32. The molecule has 1 heterocycles. The van der Waals surface area contributed by atoms with E-state index in [2.05, 4.69) is 109 Å². The maximum atomic E-state index is 2.43. The van der Waals surface area contributed by atoms with Crippen LogP contribution in [0.3, 0.4) is 0 Å². The summed E-state index contributed by atoms with van der Waals surface area (Å²) in [6, 6.07) is 33.1.